The summed E-state index contributed by atoms with van der Waals surface area (Å²) in [4.78, 5) is 14.1. The third-order valence-electron chi connectivity index (χ3n) is 7.51. The molecule has 32 heavy (non-hydrogen) atoms. The van der Waals surface area contributed by atoms with Crippen LogP contribution in [-0.2, 0) is 12.0 Å². The van der Waals surface area contributed by atoms with Crippen LogP contribution < -0.4 is 5.32 Å². The number of halogens is 2. The predicted octanol–water partition coefficient (Wildman–Crippen LogP) is 5.00. The number of hydrogen-bond donors (Lipinski definition) is 2. The van der Waals surface area contributed by atoms with Gasteiger partial charge in [0, 0.05) is 37.9 Å². The van der Waals surface area contributed by atoms with E-state index in [1.165, 1.54) is 0 Å². The van der Waals surface area contributed by atoms with Crippen LogP contribution in [0.4, 0.5) is 0 Å². The number of carboxylic acids is 1. The molecule has 0 bridgehead atoms. The molecular weight excluding hydrogens is 447 g/mol. The molecule has 1 atom stereocenters. The minimum Gasteiger partial charge on any atom is -0.478 e. The Bertz CT molecular complexity index is 965. The van der Waals surface area contributed by atoms with Crippen molar-refractivity contribution in [2.24, 2.45) is 5.92 Å². The second-order valence-electron chi connectivity index (χ2n) is 9.12. The highest BCUT2D eigenvalue weighted by molar-refractivity contribution is 6.42. The molecule has 1 unspecified atom stereocenters. The van der Waals surface area contributed by atoms with Gasteiger partial charge in [-0.1, -0.05) is 42.3 Å². The maximum atomic E-state index is 11.6. The van der Waals surface area contributed by atoms with Gasteiger partial charge in [0.15, 0.2) is 0 Å². The van der Waals surface area contributed by atoms with Crippen LogP contribution in [0.2, 0.25) is 10.0 Å². The average Bonchev–Trinajstić information content (AvgIpc) is 3.26. The summed E-state index contributed by atoms with van der Waals surface area (Å²) < 4.78 is 1.90. The molecule has 0 radical (unpaired) electrons. The minimum absolute atomic E-state index is 0.208. The largest absolute Gasteiger partial charge is 0.478 e. The lowest BCUT2D eigenvalue weighted by Gasteiger charge is -2.51. The summed E-state index contributed by atoms with van der Waals surface area (Å²) in [6.07, 6.45) is 6.33. The average molecular weight is 479 g/mol. The van der Waals surface area contributed by atoms with E-state index < -0.39 is 5.97 Å². The van der Waals surface area contributed by atoms with E-state index in [1.54, 1.807) is 6.20 Å². The zero-order valence-electron chi connectivity index (χ0n) is 18.8. The fourth-order valence-corrected chi connectivity index (χ4v) is 6.12. The van der Waals surface area contributed by atoms with Crippen molar-refractivity contribution in [3.05, 3.63) is 51.3 Å². The molecule has 8 heteroatoms. The van der Waals surface area contributed by atoms with Gasteiger partial charge in [-0.05, 0) is 56.6 Å². The van der Waals surface area contributed by atoms with E-state index in [9.17, 15) is 9.90 Å². The number of aromatic carboxylic acids is 1. The van der Waals surface area contributed by atoms with E-state index in [4.69, 9.17) is 23.2 Å². The first-order valence-electron chi connectivity index (χ1n) is 11.6. The molecule has 2 aromatic rings. The lowest BCUT2D eigenvalue weighted by atomic mass is 9.69. The van der Waals surface area contributed by atoms with E-state index >= 15 is 0 Å². The molecule has 2 N–H and O–H groups in total. The van der Waals surface area contributed by atoms with Crippen LogP contribution in [0.3, 0.4) is 0 Å². The highest BCUT2D eigenvalue weighted by atomic mass is 35.5. The predicted molar refractivity (Wildman–Crippen MR) is 128 cm³/mol. The highest BCUT2D eigenvalue weighted by Gasteiger charge is 2.44. The van der Waals surface area contributed by atoms with Gasteiger partial charge >= 0.3 is 5.97 Å². The normalized spacial score (nSPS) is 24.2. The highest BCUT2D eigenvalue weighted by Crippen LogP contribution is 2.48. The fraction of sp³-hybridized carbons (Fsp3) is 0.583. The van der Waals surface area contributed by atoms with E-state index in [0.717, 1.165) is 57.4 Å². The standard InChI is InChI=1S/C24H32Cl2N4O2/c1-3-21-18(23(31)32)15-30(28-21)17-9-7-16(8-10-17)24(2,29-13-11-27-12-14-29)19-5-4-6-20(25)22(19)26/h4-6,15-17,27H,3,7-14H2,1-2H3,(H,31,32). The topological polar surface area (TPSA) is 70.4 Å². The number of nitrogens with zero attached hydrogens (tertiary/aromatic N) is 3. The monoisotopic (exact) mass is 478 g/mol. The number of hydrogen-bond acceptors (Lipinski definition) is 4. The van der Waals surface area contributed by atoms with Gasteiger partial charge in [-0.15, -0.1) is 0 Å². The number of piperazine rings is 1. The number of carboxylic acid groups (broad SMARTS) is 1. The molecule has 174 valence electrons. The molecule has 2 heterocycles. The summed E-state index contributed by atoms with van der Waals surface area (Å²) in [5, 5.41) is 18.8. The second kappa shape index (κ2) is 9.72. The van der Waals surface area contributed by atoms with Gasteiger partial charge in [-0.2, -0.15) is 5.10 Å². The number of aromatic nitrogens is 2. The quantitative estimate of drug-likeness (QED) is 0.610. The number of rotatable bonds is 6. The molecule has 0 amide bonds. The van der Waals surface area contributed by atoms with Gasteiger partial charge in [0.25, 0.3) is 0 Å². The van der Waals surface area contributed by atoms with Gasteiger partial charge in [0.1, 0.15) is 5.56 Å². The van der Waals surface area contributed by atoms with Crippen molar-refractivity contribution in [2.75, 3.05) is 26.2 Å². The van der Waals surface area contributed by atoms with Crippen LogP contribution >= 0.6 is 23.2 Å². The summed E-state index contributed by atoms with van der Waals surface area (Å²) in [6, 6.07) is 6.21. The maximum Gasteiger partial charge on any atom is 0.339 e. The van der Waals surface area contributed by atoms with E-state index in [1.807, 2.05) is 23.7 Å². The summed E-state index contributed by atoms with van der Waals surface area (Å²) in [5.74, 6) is -0.475. The zero-order valence-corrected chi connectivity index (χ0v) is 20.3. The first kappa shape index (κ1) is 23.6. The molecule has 1 aliphatic heterocycles. The third-order valence-corrected chi connectivity index (χ3v) is 8.33. The minimum atomic E-state index is -0.899. The van der Waals surface area contributed by atoms with Gasteiger partial charge < -0.3 is 10.4 Å². The fourth-order valence-electron chi connectivity index (χ4n) is 5.63. The molecule has 2 fully saturated rings. The van der Waals surface area contributed by atoms with Crippen molar-refractivity contribution in [3.8, 4) is 0 Å². The Morgan fingerprint density at radius 2 is 1.91 bits per heavy atom. The molecule has 1 aromatic heterocycles. The van der Waals surface area contributed by atoms with E-state index in [2.05, 4.69) is 28.3 Å². The first-order valence-corrected chi connectivity index (χ1v) is 12.3. The van der Waals surface area contributed by atoms with Gasteiger partial charge in [0.2, 0.25) is 0 Å². The number of carbonyl (C=O) groups is 1. The van der Waals surface area contributed by atoms with Crippen LogP contribution in [0.5, 0.6) is 0 Å². The summed E-state index contributed by atoms with van der Waals surface area (Å²) in [6.45, 7) is 8.15. The van der Waals surface area contributed by atoms with Crippen molar-refractivity contribution in [1.82, 2.24) is 20.0 Å². The summed E-state index contributed by atoms with van der Waals surface area (Å²) in [7, 11) is 0. The van der Waals surface area contributed by atoms with Gasteiger partial charge in [-0.3, -0.25) is 9.58 Å². The molecule has 6 nitrogen and oxygen atoms in total. The van der Waals surface area contributed by atoms with Crippen molar-refractivity contribution < 1.29 is 9.90 Å². The van der Waals surface area contributed by atoms with Crippen LogP contribution in [0.1, 0.15) is 67.2 Å². The first-order chi connectivity index (χ1) is 15.4. The molecule has 2 aliphatic rings. The third kappa shape index (κ3) is 4.30. The van der Waals surface area contributed by atoms with E-state index in [0.29, 0.717) is 33.6 Å². The molecule has 1 aromatic carbocycles. The van der Waals surface area contributed by atoms with Crippen molar-refractivity contribution >= 4 is 29.2 Å². The van der Waals surface area contributed by atoms with Crippen LogP contribution in [-0.4, -0.2) is 51.9 Å². The summed E-state index contributed by atoms with van der Waals surface area (Å²) in [5.41, 5.74) is 1.89. The molecule has 4 rings (SSSR count). The smallest absolute Gasteiger partial charge is 0.339 e. The zero-order chi connectivity index (χ0) is 22.9. The van der Waals surface area contributed by atoms with Gasteiger partial charge in [0.05, 0.1) is 21.8 Å². The van der Waals surface area contributed by atoms with Crippen LogP contribution in [0.25, 0.3) is 0 Å². The number of nitrogens with one attached hydrogen (secondary N) is 1. The van der Waals surface area contributed by atoms with Crippen LogP contribution in [0, 0.1) is 5.92 Å². The summed E-state index contributed by atoms with van der Waals surface area (Å²) >= 11 is 13.2. The van der Waals surface area contributed by atoms with Crippen LogP contribution in [0.15, 0.2) is 24.4 Å². The van der Waals surface area contributed by atoms with Crippen molar-refractivity contribution in [3.63, 3.8) is 0 Å². The second-order valence-corrected chi connectivity index (χ2v) is 9.90. The van der Waals surface area contributed by atoms with Gasteiger partial charge in [-0.25, -0.2) is 4.79 Å². The molecular formula is C24H32Cl2N4O2. The molecule has 1 aliphatic carbocycles. The Labute approximate surface area is 199 Å². The Morgan fingerprint density at radius 3 is 2.50 bits per heavy atom. The molecule has 1 saturated heterocycles. The Hall–Kier alpha value is -1.60. The SMILES string of the molecule is CCc1nn(C2CCC(C(C)(c3cccc(Cl)c3Cl)N3CCNCC3)CC2)cc1C(=O)O. The number of benzene rings is 1. The Morgan fingerprint density at radius 1 is 1.22 bits per heavy atom. The van der Waals surface area contributed by atoms with Crippen molar-refractivity contribution in [1.29, 1.82) is 0 Å². The lowest BCUT2D eigenvalue weighted by Crippen LogP contribution is -2.56. The van der Waals surface area contributed by atoms with Crippen molar-refractivity contribution in [2.45, 2.75) is 57.5 Å². The number of aryl methyl sites for hydroxylation is 1. The van der Waals surface area contributed by atoms with E-state index in [-0.39, 0.29) is 11.6 Å². The Kier molecular flexibility index (Phi) is 7.15. The Balaban J connectivity index is 1.59. The molecule has 1 saturated carbocycles. The maximum absolute atomic E-state index is 11.6. The lowest BCUT2D eigenvalue weighted by molar-refractivity contribution is 0.00962. The molecule has 0 spiro atoms.